The Hall–Kier alpha value is -3.92. The quantitative estimate of drug-likeness (QED) is 0.231. The standard InChI is InChI=1S/C32H19NS2/c1-2-10-23-20(7-1)15-16-28-31(23)27-18-34-19-29(27)33(28)22-9-5-8-21(17-22)24-12-6-13-26-25-11-3-4-14-30(25)35-32(24)26/h1-19H. The van der Waals surface area contributed by atoms with Gasteiger partial charge in [0.15, 0.2) is 0 Å². The Morgan fingerprint density at radius 3 is 2.37 bits per heavy atom. The van der Waals surface area contributed by atoms with Gasteiger partial charge in [-0.1, -0.05) is 78.9 Å². The van der Waals surface area contributed by atoms with Gasteiger partial charge in [0, 0.05) is 47.4 Å². The number of rotatable bonds is 2. The van der Waals surface area contributed by atoms with Crippen LogP contribution in [0.4, 0.5) is 0 Å². The number of fused-ring (bicyclic) bond motifs is 8. The predicted molar refractivity (Wildman–Crippen MR) is 154 cm³/mol. The summed E-state index contributed by atoms with van der Waals surface area (Å²) in [6, 6.07) is 37.7. The van der Waals surface area contributed by atoms with Gasteiger partial charge in [0.25, 0.3) is 0 Å². The zero-order valence-electron chi connectivity index (χ0n) is 18.7. The number of hydrogen-bond donors (Lipinski definition) is 0. The molecule has 3 aromatic heterocycles. The van der Waals surface area contributed by atoms with Crippen molar-refractivity contribution in [2.75, 3.05) is 0 Å². The van der Waals surface area contributed by atoms with Crippen LogP contribution >= 0.6 is 22.7 Å². The molecule has 0 unspecified atom stereocenters. The monoisotopic (exact) mass is 481 g/mol. The molecule has 0 amide bonds. The molecule has 0 fully saturated rings. The van der Waals surface area contributed by atoms with Crippen LogP contribution in [0.5, 0.6) is 0 Å². The van der Waals surface area contributed by atoms with Crippen molar-refractivity contribution in [1.29, 1.82) is 0 Å². The molecule has 35 heavy (non-hydrogen) atoms. The van der Waals surface area contributed by atoms with E-state index >= 15 is 0 Å². The molecule has 0 aliphatic rings. The summed E-state index contributed by atoms with van der Waals surface area (Å²) >= 11 is 3.67. The highest BCUT2D eigenvalue weighted by atomic mass is 32.1. The van der Waals surface area contributed by atoms with Gasteiger partial charge in [-0.15, -0.1) is 22.7 Å². The van der Waals surface area contributed by atoms with Gasteiger partial charge >= 0.3 is 0 Å². The average Bonchev–Trinajstić information content (AvgIpc) is 3.61. The van der Waals surface area contributed by atoms with E-state index in [0.717, 1.165) is 0 Å². The largest absolute Gasteiger partial charge is 0.308 e. The third-order valence-corrected chi connectivity index (χ3v) is 9.07. The summed E-state index contributed by atoms with van der Waals surface area (Å²) in [5, 5.41) is 12.5. The van der Waals surface area contributed by atoms with Crippen LogP contribution in [0.1, 0.15) is 0 Å². The van der Waals surface area contributed by atoms with Gasteiger partial charge in [-0.2, -0.15) is 0 Å². The van der Waals surface area contributed by atoms with Gasteiger partial charge in [0.05, 0.1) is 11.0 Å². The third-order valence-electron chi connectivity index (χ3n) is 7.12. The maximum atomic E-state index is 2.43. The molecule has 8 aromatic rings. The van der Waals surface area contributed by atoms with Crippen LogP contribution in [0.2, 0.25) is 0 Å². The van der Waals surface area contributed by atoms with E-state index in [2.05, 4.69) is 118 Å². The van der Waals surface area contributed by atoms with Crippen LogP contribution < -0.4 is 0 Å². The van der Waals surface area contributed by atoms with Gasteiger partial charge in [-0.3, -0.25) is 0 Å². The van der Waals surface area contributed by atoms with Gasteiger partial charge in [-0.25, -0.2) is 0 Å². The van der Waals surface area contributed by atoms with Crippen molar-refractivity contribution in [2.24, 2.45) is 0 Å². The summed E-state index contributed by atoms with van der Waals surface area (Å²) in [5.74, 6) is 0. The molecule has 0 aliphatic heterocycles. The number of aromatic nitrogens is 1. The lowest BCUT2D eigenvalue weighted by atomic mass is 10.0. The van der Waals surface area contributed by atoms with Crippen LogP contribution in [0.15, 0.2) is 114 Å². The molecule has 3 heterocycles. The second-order valence-corrected chi connectivity index (χ2v) is 10.8. The Morgan fingerprint density at radius 1 is 0.571 bits per heavy atom. The molecular formula is C32H19NS2. The summed E-state index contributed by atoms with van der Waals surface area (Å²) in [6.07, 6.45) is 0. The van der Waals surface area contributed by atoms with Gasteiger partial charge in [-0.05, 0) is 46.2 Å². The zero-order chi connectivity index (χ0) is 22.9. The molecule has 0 aliphatic carbocycles. The first-order valence-corrected chi connectivity index (χ1v) is 13.5. The van der Waals surface area contributed by atoms with Gasteiger partial charge < -0.3 is 4.57 Å². The molecule has 3 heteroatoms. The highest BCUT2D eigenvalue weighted by molar-refractivity contribution is 7.26. The summed E-state index contributed by atoms with van der Waals surface area (Å²) < 4.78 is 5.13. The Morgan fingerprint density at radius 2 is 1.40 bits per heavy atom. The highest BCUT2D eigenvalue weighted by Gasteiger charge is 2.16. The molecule has 0 N–H and O–H groups in total. The van der Waals surface area contributed by atoms with Crippen molar-refractivity contribution in [3.63, 3.8) is 0 Å². The topological polar surface area (TPSA) is 4.93 Å². The number of thiophene rings is 2. The van der Waals surface area contributed by atoms with Gasteiger partial charge in [0.1, 0.15) is 0 Å². The third kappa shape index (κ3) is 2.74. The van der Waals surface area contributed by atoms with Crippen molar-refractivity contribution in [3.8, 4) is 16.8 Å². The fourth-order valence-corrected chi connectivity index (χ4v) is 7.62. The van der Waals surface area contributed by atoms with E-state index in [1.807, 2.05) is 11.3 Å². The Kier molecular flexibility index (Phi) is 4.04. The van der Waals surface area contributed by atoms with Crippen LogP contribution in [-0.4, -0.2) is 4.57 Å². The van der Waals surface area contributed by atoms with E-state index in [4.69, 9.17) is 0 Å². The van der Waals surface area contributed by atoms with Crippen LogP contribution in [0, 0.1) is 0 Å². The summed E-state index contributed by atoms with van der Waals surface area (Å²) in [4.78, 5) is 0. The van der Waals surface area contributed by atoms with Crippen molar-refractivity contribution < 1.29 is 0 Å². The maximum Gasteiger partial charge on any atom is 0.0648 e. The predicted octanol–water partition coefficient (Wildman–Crippen LogP) is 10.0. The zero-order valence-corrected chi connectivity index (χ0v) is 20.4. The Bertz CT molecular complexity index is 2070. The molecule has 0 spiro atoms. The van der Waals surface area contributed by atoms with E-state index in [9.17, 15) is 0 Å². The summed E-state index contributed by atoms with van der Waals surface area (Å²) in [7, 11) is 0. The lowest BCUT2D eigenvalue weighted by molar-refractivity contribution is 1.19. The first kappa shape index (κ1) is 19.4. The fraction of sp³-hybridized carbons (Fsp3) is 0. The molecule has 5 aromatic carbocycles. The lowest BCUT2D eigenvalue weighted by Gasteiger charge is -2.11. The van der Waals surface area contributed by atoms with E-state index in [1.54, 1.807) is 11.3 Å². The molecule has 0 saturated heterocycles. The highest BCUT2D eigenvalue weighted by Crippen LogP contribution is 2.42. The fourth-order valence-electron chi connectivity index (χ4n) is 5.57. The Labute approximate surface area is 210 Å². The van der Waals surface area contributed by atoms with Crippen molar-refractivity contribution in [1.82, 2.24) is 4.57 Å². The Balaban J connectivity index is 1.41. The first-order chi connectivity index (χ1) is 17.4. The molecule has 0 atom stereocenters. The molecule has 0 saturated carbocycles. The van der Waals surface area contributed by atoms with E-state index in [0.29, 0.717) is 0 Å². The molecule has 0 bridgehead atoms. The minimum Gasteiger partial charge on any atom is -0.308 e. The van der Waals surface area contributed by atoms with Crippen molar-refractivity contribution >= 4 is 75.4 Å². The summed E-state index contributed by atoms with van der Waals surface area (Å²) in [6.45, 7) is 0. The van der Waals surface area contributed by atoms with Crippen LogP contribution in [0.3, 0.4) is 0 Å². The minimum absolute atomic E-state index is 1.20. The van der Waals surface area contributed by atoms with E-state index < -0.39 is 0 Å². The second kappa shape index (κ2) is 7.29. The van der Waals surface area contributed by atoms with Crippen molar-refractivity contribution in [3.05, 3.63) is 114 Å². The normalized spacial score (nSPS) is 12.0. The maximum absolute atomic E-state index is 2.43. The number of nitrogens with zero attached hydrogens (tertiary/aromatic N) is 1. The van der Waals surface area contributed by atoms with Crippen LogP contribution in [-0.2, 0) is 0 Å². The average molecular weight is 482 g/mol. The van der Waals surface area contributed by atoms with E-state index in [-0.39, 0.29) is 0 Å². The lowest BCUT2D eigenvalue weighted by Crippen LogP contribution is -1.93. The SMILES string of the molecule is c1cc(-c2cccc3c2sc2ccccc23)cc(-n2c3cscc3c3c4ccccc4ccc32)c1. The second-order valence-electron chi connectivity index (χ2n) is 9.02. The molecule has 8 rings (SSSR count). The molecular weight excluding hydrogens is 462 g/mol. The molecule has 1 nitrogen and oxygen atoms in total. The minimum atomic E-state index is 1.20. The smallest absolute Gasteiger partial charge is 0.0648 e. The summed E-state index contributed by atoms with van der Waals surface area (Å²) in [5.41, 5.74) is 6.30. The van der Waals surface area contributed by atoms with Crippen molar-refractivity contribution in [2.45, 2.75) is 0 Å². The number of benzene rings is 5. The van der Waals surface area contributed by atoms with Crippen LogP contribution in [0.25, 0.3) is 69.6 Å². The molecule has 0 radical (unpaired) electrons. The number of hydrogen-bond acceptors (Lipinski definition) is 2. The van der Waals surface area contributed by atoms with Gasteiger partial charge in [0.2, 0.25) is 0 Å². The van der Waals surface area contributed by atoms with E-state index in [1.165, 1.54) is 69.6 Å². The molecule has 164 valence electrons. The first-order valence-electron chi connectivity index (χ1n) is 11.8.